The van der Waals surface area contributed by atoms with Crippen molar-refractivity contribution in [3.63, 3.8) is 0 Å². The zero-order valence-electron chi connectivity index (χ0n) is 10.4. The molecular weight excluding hydrogens is 314 g/mol. The predicted molar refractivity (Wildman–Crippen MR) is 77.0 cm³/mol. The molecule has 3 nitrogen and oxygen atoms in total. The molecule has 18 heavy (non-hydrogen) atoms. The van der Waals surface area contributed by atoms with Gasteiger partial charge in [0.1, 0.15) is 24.2 Å². The predicted octanol–water partition coefficient (Wildman–Crippen LogP) is 3.95. The van der Waals surface area contributed by atoms with Crippen molar-refractivity contribution >= 4 is 27.3 Å². The molecule has 0 spiro atoms. The molecule has 0 aliphatic heterocycles. The standard InChI is InChI=1S/C13H16BrNO2S/c1-3-15-12(13-10(14)6-7-18-13)11-5-4-9(17-11)8-16-2/h4-7,12,15H,3,8H2,1-2H3. The average molecular weight is 330 g/mol. The fourth-order valence-corrected chi connectivity index (χ4v) is 3.49. The van der Waals surface area contributed by atoms with E-state index in [-0.39, 0.29) is 6.04 Å². The minimum atomic E-state index is 0.0926. The van der Waals surface area contributed by atoms with Crippen LogP contribution in [0.1, 0.15) is 29.4 Å². The molecule has 98 valence electrons. The normalized spacial score (nSPS) is 12.8. The number of ether oxygens (including phenoxy) is 1. The molecule has 2 aromatic rings. The molecule has 2 aromatic heterocycles. The Morgan fingerprint density at radius 3 is 2.89 bits per heavy atom. The first-order valence-corrected chi connectivity index (χ1v) is 7.47. The Balaban J connectivity index is 2.26. The Hall–Kier alpha value is -0.620. The number of hydrogen-bond acceptors (Lipinski definition) is 4. The number of rotatable bonds is 6. The van der Waals surface area contributed by atoms with Crippen LogP contribution < -0.4 is 5.32 Å². The first-order valence-electron chi connectivity index (χ1n) is 5.80. The van der Waals surface area contributed by atoms with E-state index < -0.39 is 0 Å². The number of furan rings is 1. The van der Waals surface area contributed by atoms with Crippen LogP contribution >= 0.6 is 27.3 Å². The molecular formula is C13H16BrNO2S. The molecule has 1 unspecified atom stereocenters. The maximum Gasteiger partial charge on any atom is 0.129 e. The van der Waals surface area contributed by atoms with E-state index >= 15 is 0 Å². The van der Waals surface area contributed by atoms with Crippen LogP contribution in [0.2, 0.25) is 0 Å². The lowest BCUT2D eigenvalue weighted by molar-refractivity contribution is 0.162. The second-order valence-corrected chi connectivity index (χ2v) is 5.66. The topological polar surface area (TPSA) is 34.4 Å². The Morgan fingerprint density at radius 2 is 2.28 bits per heavy atom. The molecule has 2 heterocycles. The van der Waals surface area contributed by atoms with Crippen LogP contribution in [0.5, 0.6) is 0 Å². The molecule has 0 aliphatic rings. The Morgan fingerprint density at radius 1 is 1.44 bits per heavy atom. The molecule has 5 heteroatoms. The van der Waals surface area contributed by atoms with Gasteiger partial charge in [-0.3, -0.25) is 0 Å². The van der Waals surface area contributed by atoms with E-state index in [1.54, 1.807) is 18.4 Å². The van der Waals surface area contributed by atoms with Crippen LogP contribution in [-0.2, 0) is 11.3 Å². The maximum atomic E-state index is 5.82. The minimum Gasteiger partial charge on any atom is -0.462 e. The largest absolute Gasteiger partial charge is 0.462 e. The fourth-order valence-electron chi connectivity index (χ4n) is 1.81. The molecule has 0 fully saturated rings. The van der Waals surface area contributed by atoms with Gasteiger partial charge in [-0.1, -0.05) is 6.92 Å². The van der Waals surface area contributed by atoms with Gasteiger partial charge in [0, 0.05) is 16.5 Å². The molecule has 0 amide bonds. The van der Waals surface area contributed by atoms with Crippen molar-refractivity contribution in [1.82, 2.24) is 5.32 Å². The van der Waals surface area contributed by atoms with Crippen molar-refractivity contribution in [1.29, 1.82) is 0 Å². The molecule has 1 N–H and O–H groups in total. The first-order chi connectivity index (χ1) is 8.76. The van der Waals surface area contributed by atoms with Crippen LogP contribution in [-0.4, -0.2) is 13.7 Å². The number of methoxy groups -OCH3 is 1. The highest BCUT2D eigenvalue weighted by molar-refractivity contribution is 9.10. The average Bonchev–Trinajstić information content (AvgIpc) is 2.96. The molecule has 0 radical (unpaired) electrons. The zero-order chi connectivity index (χ0) is 13.0. The highest BCUT2D eigenvalue weighted by Gasteiger charge is 2.20. The van der Waals surface area contributed by atoms with E-state index in [1.807, 2.05) is 12.1 Å². The van der Waals surface area contributed by atoms with E-state index in [9.17, 15) is 0 Å². The summed E-state index contributed by atoms with van der Waals surface area (Å²) in [5, 5.41) is 5.52. The molecule has 1 atom stereocenters. The van der Waals surface area contributed by atoms with E-state index in [1.165, 1.54) is 4.88 Å². The molecule has 0 aromatic carbocycles. The van der Waals surface area contributed by atoms with Crippen LogP contribution in [0, 0.1) is 0 Å². The quantitative estimate of drug-likeness (QED) is 0.871. The van der Waals surface area contributed by atoms with Gasteiger partial charge < -0.3 is 14.5 Å². The molecule has 2 rings (SSSR count). The van der Waals surface area contributed by atoms with Crippen molar-refractivity contribution in [2.45, 2.75) is 19.6 Å². The summed E-state index contributed by atoms with van der Waals surface area (Å²) in [7, 11) is 1.67. The Labute approximate surface area is 119 Å². The molecule has 0 saturated carbocycles. The smallest absolute Gasteiger partial charge is 0.129 e. The van der Waals surface area contributed by atoms with Crippen LogP contribution in [0.4, 0.5) is 0 Å². The van der Waals surface area contributed by atoms with E-state index in [0.29, 0.717) is 6.61 Å². The van der Waals surface area contributed by atoms with Crippen molar-refractivity contribution < 1.29 is 9.15 Å². The van der Waals surface area contributed by atoms with Gasteiger partial charge >= 0.3 is 0 Å². The van der Waals surface area contributed by atoms with E-state index in [2.05, 4.69) is 39.6 Å². The second kappa shape index (κ2) is 6.52. The van der Waals surface area contributed by atoms with E-state index in [0.717, 1.165) is 22.5 Å². The summed E-state index contributed by atoms with van der Waals surface area (Å²) >= 11 is 5.29. The SMILES string of the molecule is CCNC(c1ccc(COC)o1)c1sccc1Br. The number of thiophene rings is 1. The Kier molecular flexibility index (Phi) is 5.00. The maximum absolute atomic E-state index is 5.82. The third-order valence-electron chi connectivity index (χ3n) is 2.57. The van der Waals surface area contributed by atoms with Gasteiger partial charge in [-0.15, -0.1) is 11.3 Å². The van der Waals surface area contributed by atoms with Gasteiger partial charge in [0.2, 0.25) is 0 Å². The lowest BCUT2D eigenvalue weighted by atomic mass is 10.2. The van der Waals surface area contributed by atoms with Crippen LogP contribution in [0.3, 0.4) is 0 Å². The molecule has 0 bridgehead atoms. The summed E-state index contributed by atoms with van der Waals surface area (Å²) in [5.41, 5.74) is 0. The number of hydrogen-bond donors (Lipinski definition) is 1. The van der Waals surface area contributed by atoms with Gasteiger partial charge in [-0.25, -0.2) is 0 Å². The number of nitrogens with one attached hydrogen (secondary N) is 1. The second-order valence-electron chi connectivity index (χ2n) is 3.86. The highest BCUT2D eigenvalue weighted by Crippen LogP contribution is 2.33. The molecule has 0 saturated heterocycles. The first kappa shape index (κ1) is 13.8. The van der Waals surface area contributed by atoms with Crippen molar-refractivity contribution in [3.8, 4) is 0 Å². The van der Waals surface area contributed by atoms with Crippen molar-refractivity contribution in [3.05, 3.63) is 44.4 Å². The fraction of sp³-hybridized carbons (Fsp3) is 0.385. The summed E-state index contributed by atoms with van der Waals surface area (Å²) in [6.45, 7) is 3.48. The van der Waals surface area contributed by atoms with Gasteiger partial charge in [-0.2, -0.15) is 0 Å². The summed E-state index contributed by atoms with van der Waals surface area (Å²) in [4.78, 5) is 1.23. The monoisotopic (exact) mass is 329 g/mol. The highest BCUT2D eigenvalue weighted by atomic mass is 79.9. The van der Waals surface area contributed by atoms with Gasteiger partial charge in [0.15, 0.2) is 0 Å². The zero-order valence-corrected chi connectivity index (χ0v) is 12.8. The van der Waals surface area contributed by atoms with Crippen LogP contribution in [0.25, 0.3) is 0 Å². The van der Waals surface area contributed by atoms with E-state index in [4.69, 9.17) is 9.15 Å². The lowest BCUT2D eigenvalue weighted by Gasteiger charge is -2.14. The van der Waals surface area contributed by atoms with Crippen molar-refractivity contribution in [2.75, 3.05) is 13.7 Å². The lowest BCUT2D eigenvalue weighted by Crippen LogP contribution is -2.20. The summed E-state index contributed by atoms with van der Waals surface area (Å²) in [6.07, 6.45) is 0. The van der Waals surface area contributed by atoms with Crippen molar-refractivity contribution in [2.24, 2.45) is 0 Å². The summed E-state index contributed by atoms with van der Waals surface area (Å²) in [5.74, 6) is 1.77. The van der Waals surface area contributed by atoms with Gasteiger partial charge in [0.25, 0.3) is 0 Å². The third-order valence-corrected chi connectivity index (χ3v) is 4.50. The van der Waals surface area contributed by atoms with Gasteiger partial charge in [0.05, 0.1) is 0 Å². The Bertz CT molecular complexity index is 495. The summed E-state index contributed by atoms with van der Waals surface area (Å²) < 4.78 is 12.0. The molecule has 0 aliphatic carbocycles. The van der Waals surface area contributed by atoms with Crippen LogP contribution in [0.15, 0.2) is 32.5 Å². The third kappa shape index (κ3) is 3.03. The number of halogens is 1. The summed E-state index contributed by atoms with van der Waals surface area (Å²) in [6, 6.07) is 6.12. The van der Waals surface area contributed by atoms with Gasteiger partial charge in [-0.05, 0) is 46.1 Å². The minimum absolute atomic E-state index is 0.0926.